The first-order valence-corrected chi connectivity index (χ1v) is 14.2. The summed E-state index contributed by atoms with van der Waals surface area (Å²) < 4.78 is 5.79. The Morgan fingerprint density at radius 2 is 1.82 bits per heavy atom. The maximum absolute atomic E-state index is 13.4. The molecule has 216 valence electrons. The zero-order valence-corrected chi connectivity index (χ0v) is 24.7. The molecule has 2 amide bonds. The number of pyridine rings is 1. The Kier molecular flexibility index (Phi) is 8.95. The number of rotatable bonds is 1. The average Bonchev–Trinajstić information content (AvgIpc) is 2.90. The third-order valence-corrected chi connectivity index (χ3v) is 7.67. The Hall–Kier alpha value is -3.30. The van der Waals surface area contributed by atoms with Crippen molar-refractivity contribution in [2.24, 2.45) is 11.3 Å². The minimum absolute atomic E-state index is 0.0312. The molecule has 5 bridgehead atoms. The van der Waals surface area contributed by atoms with E-state index < -0.39 is 30.2 Å². The zero-order valence-electron chi connectivity index (χ0n) is 24.7. The minimum atomic E-state index is -0.757. The summed E-state index contributed by atoms with van der Waals surface area (Å²) in [6.07, 6.45) is 4.87. The molecule has 1 fully saturated rings. The van der Waals surface area contributed by atoms with Gasteiger partial charge in [-0.2, -0.15) is 0 Å². The van der Waals surface area contributed by atoms with Crippen LogP contribution in [0.2, 0.25) is 0 Å². The molecule has 2 aliphatic rings. The van der Waals surface area contributed by atoms with Gasteiger partial charge in [-0.05, 0) is 62.8 Å². The molecule has 2 aliphatic heterocycles. The third-order valence-electron chi connectivity index (χ3n) is 7.67. The van der Waals surface area contributed by atoms with Crippen LogP contribution in [-0.2, 0) is 19.1 Å². The molecule has 1 aromatic carbocycles. The van der Waals surface area contributed by atoms with Gasteiger partial charge in [-0.1, -0.05) is 58.0 Å². The molecule has 9 nitrogen and oxygen atoms in total. The van der Waals surface area contributed by atoms with Crippen LogP contribution < -0.4 is 10.7 Å². The number of carbonyl (C=O) groups excluding carboxylic acids is 3. The number of hydrazine groups is 1. The Labute approximate surface area is 237 Å². The van der Waals surface area contributed by atoms with E-state index in [-0.39, 0.29) is 23.1 Å². The van der Waals surface area contributed by atoms with E-state index in [1.165, 1.54) is 5.01 Å². The Morgan fingerprint density at radius 3 is 2.55 bits per heavy atom. The maximum atomic E-state index is 13.4. The number of cyclic esters (lactones) is 1. The van der Waals surface area contributed by atoms with Gasteiger partial charge in [0.15, 0.2) is 0 Å². The van der Waals surface area contributed by atoms with E-state index in [1.807, 2.05) is 45.2 Å². The lowest BCUT2D eigenvalue weighted by molar-refractivity contribution is -0.157. The highest BCUT2D eigenvalue weighted by Crippen LogP contribution is 2.26. The van der Waals surface area contributed by atoms with Gasteiger partial charge in [0, 0.05) is 18.5 Å². The summed E-state index contributed by atoms with van der Waals surface area (Å²) in [5.41, 5.74) is 5.30. The number of aromatic nitrogens is 1. The second kappa shape index (κ2) is 12.1. The van der Waals surface area contributed by atoms with Crippen molar-refractivity contribution in [2.75, 3.05) is 20.1 Å². The van der Waals surface area contributed by atoms with Gasteiger partial charge in [0.05, 0.1) is 17.3 Å². The van der Waals surface area contributed by atoms with Crippen molar-refractivity contribution in [1.29, 1.82) is 0 Å². The fourth-order valence-corrected chi connectivity index (χ4v) is 5.63. The summed E-state index contributed by atoms with van der Waals surface area (Å²) >= 11 is 0. The first-order valence-electron chi connectivity index (χ1n) is 14.2. The van der Waals surface area contributed by atoms with Gasteiger partial charge >= 0.3 is 5.97 Å². The van der Waals surface area contributed by atoms with Gasteiger partial charge in [0.25, 0.3) is 5.91 Å². The van der Waals surface area contributed by atoms with Crippen molar-refractivity contribution >= 4 is 34.8 Å². The molecule has 0 unspecified atom stereocenters. The van der Waals surface area contributed by atoms with Gasteiger partial charge in [0.2, 0.25) is 5.91 Å². The monoisotopic (exact) mass is 549 g/mol. The van der Waals surface area contributed by atoms with Crippen LogP contribution in [0.4, 0.5) is 0 Å². The van der Waals surface area contributed by atoms with Crippen LogP contribution in [0.5, 0.6) is 0 Å². The Bertz CT molecular complexity index is 1290. The molecule has 1 aromatic heterocycles. The van der Waals surface area contributed by atoms with E-state index in [0.29, 0.717) is 31.6 Å². The van der Waals surface area contributed by atoms with Crippen molar-refractivity contribution in [1.82, 2.24) is 25.6 Å². The number of esters is 1. The lowest BCUT2D eigenvalue weighted by atomic mass is 9.89. The van der Waals surface area contributed by atoms with Crippen molar-refractivity contribution < 1.29 is 19.1 Å². The molecule has 40 heavy (non-hydrogen) atoms. The first kappa shape index (κ1) is 29.7. The largest absolute Gasteiger partial charge is 0.455 e. The molecule has 3 heterocycles. The van der Waals surface area contributed by atoms with Crippen LogP contribution in [0.1, 0.15) is 71.7 Å². The fraction of sp³-hybridized carbons (Fsp3) is 0.548. The summed E-state index contributed by atoms with van der Waals surface area (Å²) in [4.78, 5) is 46.7. The van der Waals surface area contributed by atoms with Crippen LogP contribution in [-0.4, -0.2) is 70.9 Å². The van der Waals surface area contributed by atoms with Gasteiger partial charge in [-0.15, -0.1) is 0 Å². The quantitative estimate of drug-likeness (QED) is 0.521. The van der Waals surface area contributed by atoms with Gasteiger partial charge in [-0.25, -0.2) is 10.4 Å². The van der Waals surface area contributed by atoms with Gasteiger partial charge < -0.3 is 10.1 Å². The van der Waals surface area contributed by atoms with Crippen LogP contribution in [0.25, 0.3) is 17.0 Å². The molecule has 1 saturated heterocycles. The number of nitrogens with zero attached hydrogens (tertiary/aromatic N) is 3. The lowest BCUT2D eigenvalue weighted by Crippen LogP contribution is -2.61. The molecule has 2 aromatic rings. The lowest BCUT2D eigenvalue weighted by Gasteiger charge is -2.37. The smallest absolute Gasteiger partial charge is 0.325 e. The molecule has 0 spiro atoms. The molecule has 4 rings (SSSR count). The number of carbonyl (C=O) groups is 3. The van der Waals surface area contributed by atoms with Crippen LogP contribution in [0.15, 0.2) is 36.4 Å². The number of likely N-dealkylation sites (N-methyl/N-ethyl adjacent to an activating group) is 1. The fourth-order valence-electron chi connectivity index (χ4n) is 5.63. The third kappa shape index (κ3) is 6.88. The van der Waals surface area contributed by atoms with E-state index in [1.54, 1.807) is 13.8 Å². The molecule has 2 N–H and O–H groups in total. The van der Waals surface area contributed by atoms with Gasteiger partial charge in [-0.3, -0.25) is 24.3 Å². The summed E-state index contributed by atoms with van der Waals surface area (Å²) in [6, 6.07) is 8.16. The number of hydrogen-bond acceptors (Lipinski definition) is 7. The molecular formula is C31H43N5O4. The number of nitrogens with one attached hydrogen (secondary N) is 2. The predicted molar refractivity (Wildman–Crippen MR) is 156 cm³/mol. The highest BCUT2D eigenvalue weighted by atomic mass is 16.5. The van der Waals surface area contributed by atoms with E-state index in [9.17, 15) is 14.4 Å². The number of fused-ring (bicyclic) bond motifs is 4. The van der Waals surface area contributed by atoms with Gasteiger partial charge in [0.1, 0.15) is 18.2 Å². The maximum Gasteiger partial charge on any atom is 0.325 e. The van der Waals surface area contributed by atoms with Crippen LogP contribution >= 0.6 is 0 Å². The molecule has 0 radical (unpaired) electrons. The molecular weight excluding hydrogens is 506 g/mol. The number of benzene rings is 1. The van der Waals surface area contributed by atoms with Crippen LogP contribution in [0.3, 0.4) is 0 Å². The molecule has 4 atom stereocenters. The van der Waals surface area contributed by atoms with E-state index in [4.69, 9.17) is 9.72 Å². The predicted octanol–water partition coefficient (Wildman–Crippen LogP) is 3.85. The van der Waals surface area contributed by atoms with Crippen molar-refractivity contribution in [3.05, 3.63) is 47.7 Å². The summed E-state index contributed by atoms with van der Waals surface area (Å²) in [5, 5.41) is 5.36. The van der Waals surface area contributed by atoms with Crippen molar-refractivity contribution in [3.8, 4) is 0 Å². The molecule has 0 saturated carbocycles. The molecule has 0 aliphatic carbocycles. The van der Waals surface area contributed by atoms with Crippen molar-refractivity contribution in [2.45, 2.75) is 78.6 Å². The minimum Gasteiger partial charge on any atom is -0.455 e. The highest BCUT2D eigenvalue weighted by molar-refractivity contribution is 5.90. The number of amides is 2. The second-order valence-corrected chi connectivity index (χ2v) is 12.2. The second-order valence-electron chi connectivity index (χ2n) is 12.2. The summed E-state index contributed by atoms with van der Waals surface area (Å²) in [6.45, 7) is 12.9. The zero-order chi connectivity index (χ0) is 29.2. The van der Waals surface area contributed by atoms with Crippen molar-refractivity contribution in [3.63, 3.8) is 0 Å². The standard InChI is InChI=1S/C31H43N5O4/c1-19(2)27-28(37)32-20(3)29(38)36-16-8-9-25(34-36)30(39)40-21(4)24-13-12-23-11-10-22(17-26(23)33-24)14-15-31(5,6)18-35(27)7/h10-15,17,19-21,25,27,34H,8-9,16,18H2,1-7H3,(H,32,37)/b15-14+/t20-,21+,25-,27-/m0/s1. The number of ether oxygens (including phenoxy) is 1. The average molecular weight is 550 g/mol. The SMILES string of the molecule is CC(C)[C@H]1C(=O)N[C@@H](C)C(=O)N2CCC[C@H](N2)C(=O)O[C@H](C)c2ccc3ccc(cc3n2)/C=C/C(C)(C)CN1C. The van der Waals surface area contributed by atoms with E-state index in [0.717, 1.165) is 16.5 Å². The molecule has 9 heteroatoms. The first-order chi connectivity index (χ1) is 18.8. The van der Waals surface area contributed by atoms with E-state index in [2.05, 4.69) is 47.7 Å². The normalized spacial score (nSPS) is 27.9. The Morgan fingerprint density at radius 1 is 1.10 bits per heavy atom. The Balaban J connectivity index is 1.70. The van der Waals surface area contributed by atoms with Crippen LogP contribution in [0, 0.1) is 11.3 Å². The highest BCUT2D eigenvalue weighted by Gasteiger charge is 2.35. The van der Waals surface area contributed by atoms with E-state index >= 15 is 0 Å². The summed E-state index contributed by atoms with van der Waals surface area (Å²) in [7, 11) is 1.95. The topological polar surface area (TPSA) is 104 Å². The number of hydrogen-bond donors (Lipinski definition) is 2. The summed E-state index contributed by atoms with van der Waals surface area (Å²) in [5.74, 6) is -0.884.